The second-order valence-electron chi connectivity index (χ2n) is 5.58. The molecule has 0 radical (unpaired) electrons. The average molecular weight is 387 g/mol. The molecule has 0 atom stereocenters. The SMILES string of the molecule is CCN(CC)C(=S)SCC(=O)c1ccc2c(c1)CCN2S(C)(=O)=O. The van der Waals surface area contributed by atoms with Crippen LogP contribution < -0.4 is 4.31 Å². The average Bonchev–Trinajstić information content (AvgIpc) is 2.96. The number of benzene rings is 1. The number of thiocarbonyl (C=S) groups is 1. The molecule has 1 aliphatic rings. The number of anilines is 1. The number of thioether (sulfide) groups is 1. The van der Waals surface area contributed by atoms with Crippen molar-refractivity contribution in [1.29, 1.82) is 0 Å². The van der Waals surface area contributed by atoms with E-state index < -0.39 is 10.0 Å². The number of sulfonamides is 1. The topological polar surface area (TPSA) is 57.7 Å². The number of hydrogen-bond donors (Lipinski definition) is 0. The van der Waals surface area contributed by atoms with Gasteiger partial charge in [-0.1, -0.05) is 24.0 Å². The van der Waals surface area contributed by atoms with Gasteiger partial charge in [0, 0.05) is 25.2 Å². The summed E-state index contributed by atoms with van der Waals surface area (Å²) in [7, 11) is -3.26. The lowest BCUT2D eigenvalue weighted by Crippen LogP contribution is -2.27. The Balaban J connectivity index is 2.06. The summed E-state index contributed by atoms with van der Waals surface area (Å²) in [6.07, 6.45) is 1.83. The molecule has 1 aromatic rings. The molecule has 0 aliphatic carbocycles. The smallest absolute Gasteiger partial charge is 0.232 e. The third kappa shape index (κ3) is 4.29. The zero-order chi connectivity index (χ0) is 17.9. The number of hydrogen-bond acceptors (Lipinski definition) is 5. The van der Waals surface area contributed by atoms with Gasteiger partial charge in [0.2, 0.25) is 10.0 Å². The lowest BCUT2D eigenvalue weighted by molar-refractivity contribution is 0.102. The van der Waals surface area contributed by atoms with E-state index in [1.807, 2.05) is 24.8 Å². The van der Waals surface area contributed by atoms with Crippen LogP contribution in [0.5, 0.6) is 0 Å². The van der Waals surface area contributed by atoms with E-state index >= 15 is 0 Å². The Morgan fingerprint density at radius 3 is 2.58 bits per heavy atom. The van der Waals surface area contributed by atoms with Crippen molar-refractivity contribution in [3.05, 3.63) is 29.3 Å². The van der Waals surface area contributed by atoms with Gasteiger partial charge in [-0.05, 0) is 44.0 Å². The first-order valence-corrected chi connectivity index (χ1v) is 11.1. The Hall–Kier alpha value is -1.12. The van der Waals surface area contributed by atoms with E-state index in [-0.39, 0.29) is 5.78 Å². The molecule has 5 nitrogen and oxygen atoms in total. The minimum absolute atomic E-state index is 0.00936. The van der Waals surface area contributed by atoms with Crippen molar-refractivity contribution in [2.24, 2.45) is 0 Å². The highest BCUT2D eigenvalue weighted by Crippen LogP contribution is 2.31. The van der Waals surface area contributed by atoms with Crippen LogP contribution in [0.3, 0.4) is 0 Å². The quantitative estimate of drug-likeness (QED) is 0.553. The molecule has 0 bridgehead atoms. The van der Waals surface area contributed by atoms with E-state index in [1.54, 1.807) is 12.1 Å². The molecule has 2 rings (SSSR count). The first kappa shape index (κ1) is 19.2. The van der Waals surface area contributed by atoms with Gasteiger partial charge in [0.05, 0.1) is 17.7 Å². The maximum absolute atomic E-state index is 12.4. The summed E-state index contributed by atoms with van der Waals surface area (Å²) in [6, 6.07) is 5.24. The van der Waals surface area contributed by atoms with Crippen molar-refractivity contribution in [3.63, 3.8) is 0 Å². The van der Waals surface area contributed by atoms with E-state index in [0.29, 0.717) is 30.0 Å². The number of rotatable bonds is 6. The predicted octanol–water partition coefficient (Wildman–Crippen LogP) is 2.55. The molecule has 0 fully saturated rings. The third-order valence-electron chi connectivity index (χ3n) is 4.00. The maximum atomic E-state index is 12.4. The van der Waals surface area contributed by atoms with Gasteiger partial charge in [0.1, 0.15) is 4.32 Å². The monoisotopic (exact) mass is 386 g/mol. The van der Waals surface area contributed by atoms with Gasteiger partial charge < -0.3 is 4.90 Å². The van der Waals surface area contributed by atoms with E-state index in [2.05, 4.69) is 0 Å². The van der Waals surface area contributed by atoms with Crippen LogP contribution in [0.1, 0.15) is 29.8 Å². The predicted molar refractivity (Wildman–Crippen MR) is 105 cm³/mol. The third-order valence-corrected chi connectivity index (χ3v) is 6.71. The minimum atomic E-state index is -3.26. The first-order chi connectivity index (χ1) is 11.3. The molecule has 0 spiro atoms. The van der Waals surface area contributed by atoms with Crippen LogP contribution in [0.25, 0.3) is 0 Å². The number of ketones is 1. The Bertz CT molecular complexity index is 743. The van der Waals surface area contributed by atoms with Crippen molar-refractivity contribution < 1.29 is 13.2 Å². The highest BCUT2D eigenvalue weighted by Gasteiger charge is 2.26. The van der Waals surface area contributed by atoms with Crippen LogP contribution in [0, 0.1) is 0 Å². The largest absolute Gasteiger partial charge is 0.358 e. The Morgan fingerprint density at radius 2 is 2.00 bits per heavy atom. The zero-order valence-corrected chi connectivity index (χ0v) is 16.6. The lowest BCUT2D eigenvalue weighted by Gasteiger charge is -2.20. The van der Waals surface area contributed by atoms with E-state index in [1.165, 1.54) is 22.3 Å². The second kappa shape index (κ2) is 7.84. The fourth-order valence-corrected chi connectivity index (χ4v) is 4.93. The Kier molecular flexibility index (Phi) is 6.28. The number of fused-ring (bicyclic) bond motifs is 1. The highest BCUT2D eigenvalue weighted by atomic mass is 32.2. The summed E-state index contributed by atoms with van der Waals surface area (Å²) in [6.45, 7) is 6.17. The molecule has 0 aromatic heterocycles. The number of nitrogens with zero attached hydrogens (tertiary/aromatic N) is 2. The van der Waals surface area contributed by atoms with Crippen LogP contribution in [-0.2, 0) is 16.4 Å². The standard InChI is InChI=1S/C16H22N2O3S3/c1-4-17(5-2)16(22)23-11-15(19)13-6-7-14-12(10-13)8-9-18(14)24(3,20)21/h6-7,10H,4-5,8-9,11H2,1-3H3. The van der Waals surface area contributed by atoms with E-state index in [4.69, 9.17) is 12.2 Å². The lowest BCUT2D eigenvalue weighted by atomic mass is 10.1. The highest BCUT2D eigenvalue weighted by molar-refractivity contribution is 8.23. The summed E-state index contributed by atoms with van der Waals surface area (Å²) in [5.74, 6) is 0.305. The molecule has 24 heavy (non-hydrogen) atoms. The number of carbonyl (C=O) groups excluding carboxylic acids is 1. The molecular weight excluding hydrogens is 364 g/mol. The van der Waals surface area contributed by atoms with Crippen molar-refractivity contribution >= 4 is 49.8 Å². The van der Waals surface area contributed by atoms with Gasteiger partial charge in [0.15, 0.2) is 5.78 Å². The van der Waals surface area contributed by atoms with Crippen LogP contribution in [0.2, 0.25) is 0 Å². The van der Waals surface area contributed by atoms with Crippen molar-refractivity contribution in [2.45, 2.75) is 20.3 Å². The molecule has 0 unspecified atom stereocenters. The Labute approximate surface area is 153 Å². The normalized spacial score (nSPS) is 13.7. The van der Waals surface area contributed by atoms with Crippen LogP contribution >= 0.6 is 24.0 Å². The van der Waals surface area contributed by atoms with Crippen molar-refractivity contribution in [3.8, 4) is 0 Å². The van der Waals surface area contributed by atoms with Crippen LogP contribution in [-0.4, -0.2) is 55.1 Å². The summed E-state index contributed by atoms with van der Waals surface area (Å²) >= 11 is 6.72. The minimum Gasteiger partial charge on any atom is -0.358 e. The second-order valence-corrected chi connectivity index (χ2v) is 9.09. The number of Topliss-reactive ketones (excluding diaryl/α,β-unsaturated/α-hetero) is 1. The molecule has 1 aliphatic heterocycles. The van der Waals surface area contributed by atoms with E-state index in [9.17, 15) is 13.2 Å². The molecule has 0 N–H and O–H groups in total. The van der Waals surface area contributed by atoms with Crippen molar-refractivity contribution in [1.82, 2.24) is 4.90 Å². The number of carbonyl (C=O) groups is 1. The van der Waals surface area contributed by atoms with Gasteiger partial charge in [0.25, 0.3) is 0 Å². The summed E-state index contributed by atoms with van der Waals surface area (Å²) in [5, 5.41) is 0. The maximum Gasteiger partial charge on any atom is 0.232 e. The summed E-state index contributed by atoms with van der Waals surface area (Å²) < 4.78 is 25.6. The van der Waals surface area contributed by atoms with Gasteiger partial charge >= 0.3 is 0 Å². The van der Waals surface area contributed by atoms with E-state index in [0.717, 1.165) is 23.0 Å². The van der Waals surface area contributed by atoms with Gasteiger partial charge in [-0.3, -0.25) is 9.10 Å². The van der Waals surface area contributed by atoms with Gasteiger partial charge in [-0.25, -0.2) is 8.42 Å². The Morgan fingerprint density at radius 1 is 1.33 bits per heavy atom. The summed E-state index contributed by atoms with van der Waals surface area (Å²) in [4.78, 5) is 14.4. The fourth-order valence-electron chi connectivity index (χ4n) is 2.67. The molecule has 0 saturated carbocycles. The molecular formula is C16H22N2O3S3. The van der Waals surface area contributed by atoms with Gasteiger partial charge in [-0.15, -0.1) is 0 Å². The molecule has 132 valence electrons. The fraction of sp³-hybridized carbons (Fsp3) is 0.500. The first-order valence-electron chi connectivity index (χ1n) is 7.83. The summed E-state index contributed by atoms with van der Waals surface area (Å²) in [5.41, 5.74) is 2.20. The molecule has 1 aromatic carbocycles. The van der Waals surface area contributed by atoms with Crippen molar-refractivity contribution in [2.75, 3.05) is 35.9 Å². The van der Waals surface area contributed by atoms with Crippen LogP contribution in [0.15, 0.2) is 18.2 Å². The molecule has 8 heteroatoms. The van der Waals surface area contributed by atoms with Crippen LogP contribution in [0.4, 0.5) is 5.69 Å². The van der Waals surface area contributed by atoms with Gasteiger partial charge in [-0.2, -0.15) is 0 Å². The zero-order valence-electron chi connectivity index (χ0n) is 14.1. The molecule has 0 saturated heterocycles. The molecule has 0 amide bonds. The molecule has 1 heterocycles.